The van der Waals surface area contributed by atoms with Gasteiger partial charge < -0.3 is 14.6 Å². The summed E-state index contributed by atoms with van der Waals surface area (Å²) in [5, 5.41) is 13.3. The van der Waals surface area contributed by atoms with E-state index in [-0.39, 0.29) is 27.9 Å². The fourth-order valence-corrected chi connectivity index (χ4v) is 5.65. The number of aromatic nitrogens is 1. The van der Waals surface area contributed by atoms with Gasteiger partial charge in [-0.1, -0.05) is 55.5 Å². The van der Waals surface area contributed by atoms with E-state index >= 15 is 0 Å². The highest BCUT2D eigenvalue weighted by molar-refractivity contribution is 7.18. The van der Waals surface area contributed by atoms with Gasteiger partial charge in [0, 0.05) is 10.4 Å². The number of aliphatic hydroxyl groups excluding tert-OH is 1. The molecule has 1 saturated heterocycles. The van der Waals surface area contributed by atoms with Crippen LogP contribution in [0.5, 0.6) is 5.75 Å². The van der Waals surface area contributed by atoms with Crippen molar-refractivity contribution in [2.24, 2.45) is 0 Å². The standard InChI is InChI=1S/C27H26N2O6S2/c1-4-6-13-34-18-10-7-9-17(15-18)22(30)20-21(19-11-8-14-36-19)29(25(32)23(20)31)27-28-16(3)24(37-27)26(33)35-12-5-2/h5,7-11,14-15,21,30H,2,4,6,12-13H2,1,3H3. The van der Waals surface area contributed by atoms with Crippen LogP contribution >= 0.6 is 22.7 Å². The first-order chi connectivity index (χ1) is 17.9. The average molecular weight is 539 g/mol. The molecule has 0 bridgehead atoms. The molecule has 8 nitrogen and oxygen atoms in total. The SMILES string of the molecule is C=CCOC(=O)c1sc(N2C(=O)C(=O)C(=C(O)c3cccc(OCCCC)c3)C2c2cccs2)nc1C. The van der Waals surface area contributed by atoms with Gasteiger partial charge in [-0.25, -0.2) is 9.78 Å². The molecule has 37 heavy (non-hydrogen) atoms. The normalized spacial score (nSPS) is 16.7. The zero-order chi connectivity index (χ0) is 26.5. The van der Waals surface area contributed by atoms with Gasteiger partial charge in [-0.15, -0.1) is 11.3 Å². The lowest BCUT2D eigenvalue weighted by atomic mass is 10.00. The summed E-state index contributed by atoms with van der Waals surface area (Å²) < 4.78 is 10.9. The highest BCUT2D eigenvalue weighted by atomic mass is 32.1. The Bertz CT molecular complexity index is 1360. The van der Waals surface area contributed by atoms with Crippen LogP contribution in [0, 0.1) is 6.92 Å². The van der Waals surface area contributed by atoms with Crippen LogP contribution in [-0.2, 0) is 14.3 Å². The average Bonchev–Trinajstić information content (AvgIpc) is 3.61. The Kier molecular flexibility index (Phi) is 8.20. The summed E-state index contributed by atoms with van der Waals surface area (Å²) >= 11 is 2.30. The number of nitrogens with zero attached hydrogens (tertiary/aromatic N) is 2. The molecule has 0 spiro atoms. The summed E-state index contributed by atoms with van der Waals surface area (Å²) in [4.78, 5) is 45.6. The molecule has 0 radical (unpaired) electrons. The lowest BCUT2D eigenvalue weighted by molar-refractivity contribution is -0.132. The second-order valence-corrected chi connectivity index (χ2v) is 10.2. The Morgan fingerprint density at radius 3 is 2.78 bits per heavy atom. The molecule has 3 heterocycles. The molecule has 0 aliphatic carbocycles. The molecular weight excluding hydrogens is 512 g/mol. The number of ketones is 1. The number of carbonyl (C=O) groups is 3. The number of aryl methyl sites for hydroxylation is 1. The molecule has 1 amide bonds. The van der Waals surface area contributed by atoms with Crippen LogP contribution in [0.2, 0.25) is 0 Å². The predicted octanol–water partition coefficient (Wildman–Crippen LogP) is 5.66. The molecule has 1 unspecified atom stereocenters. The molecule has 10 heteroatoms. The van der Waals surface area contributed by atoms with Crippen molar-refractivity contribution in [2.45, 2.75) is 32.7 Å². The van der Waals surface area contributed by atoms with E-state index in [0.29, 0.717) is 28.5 Å². The van der Waals surface area contributed by atoms with Crippen LogP contribution in [0.15, 0.2) is 60.0 Å². The smallest absolute Gasteiger partial charge is 0.350 e. The van der Waals surface area contributed by atoms with E-state index in [2.05, 4.69) is 18.5 Å². The van der Waals surface area contributed by atoms with Gasteiger partial charge in [0.25, 0.3) is 5.78 Å². The Balaban J connectivity index is 1.78. The number of aliphatic hydroxyl groups is 1. The first-order valence-corrected chi connectivity index (χ1v) is 13.4. The summed E-state index contributed by atoms with van der Waals surface area (Å²) in [6.45, 7) is 7.79. The highest BCUT2D eigenvalue weighted by Crippen LogP contribution is 2.45. The Labute approximate surface area is 222 Å². The lowest BCUT2D eigenvalue weighted by Crippen LogP contribution is -2.29. The number of anilines is 1. The van der Waals surface area contributed by atoms with Crippen LogP contribution in [0.3, 0.4) is 0 Å². The Hall–Kier alpha value is -3.76. The fraction of sp³-hybridized carbons (Fsp3) is 0.259. The van der Waals surface area contributed by atoms with E-state index in [1.165, 1.54) is 22.3 Å². The second-order valence-electron chi connectivity index (χ2n) is 8.21. The van der Waals surface area contributed by atoms with Crippen molar-refractivity contribution < 1.29 is 29.0 Å². The van der Waals surface area contributed by atoms with Gasteiger partial charge in [-0.05, 0) is 36.9 Å². The minimum absolute atomic E-state index is 0.0342. The maximum absolute atomic E-state index is 13.3. The number of hydrogen-bond acceptors (Lipinski definition) is 9. The van der Waals surface area contributed by atoms with E-state index in [9.17, 15) is 19.5 Å². The maximum atomic E-state index is 13.3. The molecule has 1 aliphatic rings. The number of thiazole rings is 1. The van der Waals surface area contributed by atoms with Gasteiger partial charge in [-0.2, -0.15) is 0 Å². The zero-order valence-electron chi connectivity index (χ0n) is 20.4. The van der Waals surface area contributed by atoms with E-state index in [1.807, 2.05) is 5.38 Å². The van der Waals surface area contributed by atoms with Crippen LogP contribution < -0.4 is 9.64 Å². The van der Waals surface area contributed by atoms with Crippen LogP contribution in [0.25, 0.3) is 5.76 Å². The number of rotatable bonds is 10. The van der Waals surface area contributed by atoms with Crippen molar-refractivity contribution in [2.75, 3.05) is 18.1 Å². The van der Waals surface area contributed by atoms with Gasteiger partial charge in [-0.3, -0.25) is 14.5 Å². The third-order valence-corrected chi connectivity index (χ3v) is 7.70. The number of carbonyl (C=O) groups excluding carboxylic acids is 3. The van der Waals surface area contributed by atoms with Crippen molar-refractivity contribution in [3.63, 3.8) is 0 Å². The number of thiophene rings is 1. The number of benzene rings is 1. The number of esters is 1. The summed E-state index contributed by atoms with van der Waals surface area (Å²) in [5.41, 5.74) is 0.678. The van der Waals surface area contributed by atoms with Gasteiger partial charge in [0.05, 0.1) is 17.9 Å². The number of unbranched alkanes of at least 4 members (excludes halogenated alkanes) is 1. The molecule has 1 aliphatic heterocycles. The van der Waals surface area contributed by atoms with Crippen molar-refractivity contribution in [1.29, 1.82) is 0 Å². The summed E-state index contributed by atoms with van der Waals surface area (Å²) in [5.74, 6) is -2.02. The molecule has 1 atom stereocenters. The monoisotopic (exact) mass is 538 g/mol. The minimum Gasteiger partial charge on any atom is -0.507 e. The third-order valence-electron chi connectivity index (χ3n) is 5.64. The number of amides is 1. The Morgan fingerprint density at radius 1 is 1.27 bits per heavy atom. The fourth-order valence-electron chi connectivity index (χ4n) is 3.84. The molecule has 1 N–H and O–H groups in total. The van der Waals surface area contributed by atoms with Crippen molar-refractivity contribution >= 4 is 51.2 Å². The molecule has 0 saturated carbocycles. The quantitative estimate of drug-likeness (QED) is 0.0886. The molecular formula is C27H26N2O6S2. The summed E-state index contributed by atoms with van der Waals surface area (Å²) in [6.07, 6.45) is 3.32. The first-order valence-electron chi connectivity index (χ1n) is 11.7. The zero-order valence-corrected chi connectivity index (χ0v) is 22.1. The first kappa shape index (κ1) is 26.3. The van der Waals surface area contributed by atoms with Gasteiger partial charge >= 0.3 is 11.9 Å². The molecule has 3 aromatic rings. The van der Waals surface area contributed by atoms with E-state index < -0.39 is 23.7 Å². The van der Waals surface area contributed by atoms with Crippen molar-refractivity contribution in [1.82, 2.24) is 4.98 Å². The minimum atomic E-state index is -0.910. The molecule has 192 valence electrons. The molecule has 1 fully saturated rings. The van der Waals surface area contributed by atoms with Crippen molar-refractivity contribution in [3.05, 3.63) is 81.0 Å². The predicted molar refractivity (Wildman–Crippen MR) is 143 cm³/mol. The summed E-state index contributed by atoms with van der Waals surface area (Å²) in [7, 11) is 0. The van der Waals surface area contributed by atoms with E-state index in [1.54, 1.807) is 43.3 Å². The summed E-state index contributed by atoms with van der Waals surface area (Å²) in [6, 6.07) is 9.46. The second kappa shape index (κ2) is 11.5. The van der Waals surface area contributed by atoms with Crippen LogP contribution in [0.1, 0.15) is 51.6 Å². The topological polar surface area (TPSA) is 106 Å². The number of hydrogen-bond donors (Lipinski definition) is 1. The molecule has 1 aromatic carbocycles. The number of ether oxygens (including phenoxy) is 2. The van der Waals surface area contributed by atoms with Gasteiger partial charge in [0.1, 0.15) is 29.0 Å². The van der Waals surface area contributed by atoms with Crippen LogP contribution in [-0.4, -0.2) is 41.0 Å². The number of Topliss-reactive ketones (excluding diaryl/α,β-unsaturated/α-hetero) is 1. The van der Waals surface area contributed by atoms with Crippen molar-refractivity contribution in [3.8, 4) is 5.75 Å². The third kappa shape index (κ3) is 5.35. The Morgan fingerprint density at radius 2 is 2.08 bits per heavy atom. The molecule has 4 rings (SSSR count). The van der Waals surface area contributed by atoms with E-state index in [0.717, 1.165) is 24.2 Å². The largest absolute Gasteiger partial charge is 0.507 e. The van der Waals surface area contributed by atoms with Gasteiger partial charge in [0.2, 0.25) is 0 Å². The van der Waals surface area contributed by atoms with Gasteiger partial charge in [0.15, 0.2) is 5.13 Å². The highest BCUT2D eigenvalue weighted by Gasteiger charge is 2.49. The van der Waals surface area contributed by atoms with Crippen LogP contribution in [0.4, 0.5) is 5.13 Å². The lowest BCUT2D eigenvalue weighted by Gasteiger charge is -2.21. The molecule has 2 aromatic heterocycles. The maximum Gasteiger partial charge on any atom is 0.350 e. The van der Waals surface area contributed by atoms with E-state index in [4.69, 9.17) is 9.47 Å².